The van der Waals surface area contributed by atoms with Crippen molar-refractivity contribution in [3.05, 3.63) is 6.92 Å². The van der Waals surface area contributed by atoms with Crippen LogP contribution in [0.3, 0.4) is 0 Å². The molecule has 2 nitrogen and oxygen atoms in total. The molecule has 0 aromatic rings. The van der Waals surface area contributed by atoms with Crippen molar-refractivity contribution in [2.24, 2.45) is 0 Å². The minimum atomic E-state index is 0. The average Bonchev–Trinajstić information content (AvgIpc) is 2.04. The van der Waals surface area contributed by atoms with E-state index in [0.29, 0.717) is 0 Å². The molecule has 0 spiro atoms. The van der Waals surface area contributed by atoms with Gasteiger partial charge >= 0.3 is 51.4 Å². The summed E-state index contributed by atoms with van der Waals surface area (Å²) in [5.74, 6) is 0. The summed E-state index contributed by atoms with van der Waals surface area (Å²) in [6.07, 6.45) is 2.39. The van der Waals surface area contributed by atoms with Crippen molar-refractivity contribution in [1.29, 1.82) is 0 Å². The Morgan fingerprint density at radius 2 is 2.00 bits per heavy atom. The van der Waals surface area contributed by atoms with E-state index in [0.717, 1.165) is 26.3 Å². The summed E-state index contributed by atoms with van der Waals surface area (Å²) in [5.41, 5.74) is 0. The minimum Gasteiger partial charge on any atom is -0.380 e. The molecule has 0 aliphatic rings. The van der Waals surface area contributed by atoms with E-state index in [1.54, 1.807) is 0 Å². The van der Waals surface area contributed by atoms with Gasteiger partial charge in [-0.1, -0.05) is 13.3 Å². The van der Waals surface area contributed by atoms with Crippen LogP contribution in [-0.2, 0) is 4.74 Å². The summed E-state index contributed by atoms with van der Waals surface area (Å²) < 4.78 is 5.38. The van der Waals surface area contributed by atoms with Gasteiger partial charge in [0.05, 0.1) is 6.61 Å². The van der Waals surface area contributed by atoms with E-state index in [2.05, 4.69) is 25.8 Å². The summed E-state index contributed by atoms with van der Waals surface area (Å²) in [6, 6.07) is 0. The quantitative estimate of drug-likeness (QED) is 0.282. The van der Waals surface area contributed by atoms with Gasteiger partial charge in [-0.05, 0) is 13.5 Å². The molecule has 0 aromatic carbocycles. The molecule has 0 saturated carbocycles. The van der Waals surface area contributed by atoms with Gasteiger partial charge in [-0.25, -0.2) is 0 Å². The van der Waals surface area contributed by atoms with E-state index in [1.807, 2.05) is 0 Å². The Kier molecular flexibility index (Phi) is 16.7. The zero-order chi connectivity index (χ0) is 8.53. The Labute approximate surface area is 119 Å². The molecule has 0 heterocycles. The van der Waals surface area contributed by atoms with Gasteiger partial charge in [0.1, 0.15) is 0 Å². The third-order valence-corrected chi connectivity index (χ3v) is 1.64. The molecule has 0 aliphatic carbocycles. The number of rotatable bonds is 7. The molecule has 0 N–H and O–H groups in total. The van der Waals surface area contributed by atoms with Crippen molar-refractivity contribution in [3.63, 3.8) is 0 Å². The second-order valence-corrected chi connectivity index (χ2v) is 2.77. The van der Waals surface area contributed by atoms with Gasteiger partial charge in [-0.2, -0.15) is 0 Å². The molecule has 0 bridgehead atoms. The number of unbranched alkanes of at least 4 members (excludes halogenated alkanes) is 1. The van der Waals surface area contributed by atoms with E-state index in [4.69, 9.17) is 4.74 Å². The van der Waals surface area contributed by atoms with E-state index < -0.39 is 0 Å². The Morgan fingerprint density at radius 3 is 2.50 bits per heavy atom. The molecule has 0 saturated heterocycles. The Bertz CT molecular complexity index is 80.9. The second kappa shape index (κ2) is 12.6. The molecule has 3 heteroatoms. The van der Waals surface area contributed by atoms with Crippen LogP contribution in [0.1, 0.15) is 19.8 Å². The molecular weight excluding hydrogens is 177 g/mol. The molecular formula is C9H20KNO. The fourth-order valence-electron chi connectivity index (χ4n) is 0.681. The van der Waals surface area contributed by atoms with Crippen LogP contribution in [0.15, 0.2) is 0 Å². The number of hydrogen-bond acceptors (Lipinski definition) is 2. The number of nitrogens with zero attached hydrogens (tertiary/aromatic N) is 1. The fraction of sp³-hybridized carbons (Fsp3) is 0.889. The molecule has 0 radical (unpaired) electrons. The van der Waals surface area contributed by atoms with E-state index in [-0.39, 0.29) is 51.4 Å². The van der Waals surface area contributed by atoms with Crippen LogP contribution < -0.4 is 51.4 Å². The molecule has 68 valence electrons. The van der Waals surface area contributed by atoms with Crippen LogP contribution in [0.25, 0.3) is 0 Å². The maximum Gasteiger partial charge on any atom is 1.00 e. The Hall–Kier alpha value is 1.56. The largest absolute Gasteiger partial charge is 1.00 e. The first-order valence-corrected chi connectivity index (χ1v) is 4.36. The zero-order valence-electron chi connectivity index (χ0n) is 8.81. The third kappa shape index (κ3) is 11.6. The molecule has 0 atom stereocenters. The molecule has 0 unspecified atom stereocenters. The van der Waals surface area contributed by atoms with E-state index in [9.17, 15) is 0 Å². The summed E-state index contributed by atoms with van der Waals surface area (Å²) in [6.45, 7) is 9.54. The number of likely N-dealkylation sites (N-methyl/N-ethyl adjacent to an activating group) is 1. The maximum atomic E-state index is 5.38. The van der Waals surface area contributed by atoms with Gasteiger partial charge in [-0.3, -0.25) is 0 Å². The summed E-state index contributed by atoms with van der Waals surface area (Å²) in [5, 5.41) is 0. The first-order chi connectivity index (χ1) is 5.31. The van der Waals surface area contributed by atoms with Crippen molar-refractivity contribution in [1.82, 2.24) is 4.90 Å². The summed E-state index contributed by atoms with van der Waals surface area (Å²) >= 11 is 0. The van der Waals surface area contributed by atoms with Crippen LogP contribution in [0.5, 0.6) is 0 Å². The number of ether oxygens (including phenoxy) is 1. The molecule has 0 amide bonds. The van der Waals surface area contributed by atoms with Crippen molar-refractivity contribution in [2.75, 3.05) is 33.4 Å². The predicted octanol–water partition coefficient (Wildman–Crippen LogP) is -1.43. The van der Waals surface area contributed by atoms with Crippen molar-refractivity contribution in [3.8, 4) is 0 Å². The van der Waals surface area contributed by atoms with Crippen LogP contribution in [0.4, 0.5) is 0 Å². The van der Waals surface area contributed by atoms with Gasteiger partial charge in [0, 0.05) is 13.2 Å². The van der Waals surface area contributed by atoms with Gasteiger partial charge in [0.15, 0.2) is 0 Å². The molecule has 0 aliphatic heterocycles. The predicted molar refractivity (Wildman–Crippen MR) is 48.6 cm³/mol. The monoisotopic (exact) mass is 197 g/mol. The van der Waals surface area contributed by atoms with E-state index >= 15 is 0 Å². The first kappa shape index (κ1) is 16.0. The second-order valence-electron chi connectivity index (χ2n) is 2.77. The normalized spacial score (nSPS) is 10.0. The zero-order valence-corrected chi connectivity index (χ0v) is 11.9. The molecule has 0 aromatic heterocycles. The SMILES string of the molecule is [CH2-]CN(C)CCOCCCC.[K+]. The van der Waals surface area contributed by atoms with Gasteiger partial charge in [0.25, 0.3) is 0 Å². The van der Waals surface area contributed by atoms with E-state index in [1.165, 1.54) is 12.8 Å². The molecule has 0 fully saturated rings. The van der Waals surface area contributed by atoms with Crippen LogP contribution in [-0.4, -0.2) is 38.3 Å². The first-order valence-electron chi connectivity index (χ1n) is 4.36. The average molecular weight is 197 g/mol. The van der Waals surface area contributed by atoms with Crippen molar-refractivity contribution >= 4 is 0 Å². The van der Waals surface area contributed by atoms with Gasteiger partial charge in [0.2, 0.25) is 0 Å². The number of hydrogen-bond donors (Lipinski definition) is 0. The van der Waals surface area contributed by atoms with Crippen molar-refractivity contribution in [2.45, 2.75) is 19.8 Å². The fourth-order valence-corrected chi connectivity index (χ4v) is 0.681. The van der Waals surface area contributed by atoms with Crippen molar-refractivity contribution < 1.29 is 56.1 Å². The van der Waals surface area contributed by atoms with Crippen LogP contribution >= 0.6 is 0 Å². The van der Waals surface area contributed by atoms with Crippen LogP contribution in [0, 0.1) is 6.92 Å². The maximum absolute atomic E-state index is 5.38. The topological polar surface area (TPSA) is 12.5 Å². The standard InChI is InChI=1S/C9H20NO.K/c1-4-6-8-11-9-7-10(3)5-2;/h2,4-9H2,1,3H3;/q-1;+1. The Morgan fingerprint density at radius 1 is 1.33 bits per heavy atom. The molecule has 12 heavy (non-hydrogen) atoms. The third-order valence-electron chi connectivity index (χ3n) is 1.64. The summed E-state index contributed by atoms with van der Waals surface area (Å²) in [7, 11) is 2.05. The summed E-state index contributed by atoms with van der Waals surface area (Å²) in [4.78, 5) is 2.14. The van der Waals surface area contributed by atoms with Crippen LogP contribution in [0.2, 0.25) is 0 Å². The van der Waals surface area contributed by atoms with Gasteiger partial charge < -0.3 is 16.6 Å². The molecule has 0 rings (SSSR count). The smallest absolute Gasteiger partial charge is 0.380 e. The van der Waals surface area contributed by atoms with Gasteiger partial charge in [-0.15, -0.1) is 6.54 Å². The Balaban J connectivity index is 0. The minimum absolute atomic E-state index is 0.